The molecule has 0 bridgehead atoms. The van der Waals surface area contributed by atoms with Crippen molar-refractivity contribution in [1.29, 1.82) is 0 Å². The summed E-state index contributed by atoms with van der Waals surface area (Å²) in [7, 11) is 0. The number of hydrogen-bond donors (Lipinski definition) is 1. The lowest BCUT2D eigenvalue weighted by atomic mass is 9.91. The van der Waals surface area contributed by atoms with Crippen molar-refractivity contribution < 1.29 is 13.5 Å². The largest absolute Gasteiger partial charge is 0.376 e. The molecule has 2 nitrogen and oxygen atoms in total. The van der Waals surface area contributed by atoms with Gasteiger partial charge in [0.15, 0.2) is 0 Å². The van der Waals surface area contributed by atoms with Crippen LogP contribution in [0.4, 0.5) is 8.78 Å². The highest BCUT2D eigenvalue weighted by Gasteiger charge is 2.17. The van der Waals surface area contributed by atoms with Gasteiger partial charge in [0.1, 0.15) is 11.6 Å². The fourth-order valence-electron chi connectivity index (χ4n) is 3.22. The van der Waals surface area contributed by atoms with E-state index < -0.39 is 11.6 Å². The van der Waals surface area contributed by atoms with Gasteiger partial charge in [0.2, 0.25) is 0 Å². The van der Waals surface area contributed by atoms with Gasteiger partial charge in [-0.1, -0.05) is 35.9 Å². The summed E-state index contributed by atoms with van der Waals surface area (Å²) in [5.74, 6) is -1.03. The van der Waals surface area contributed by atoms with Gasteiger partial charge in [0.05, 0.1) is 13.2 Å². The summed E-state index contributed by atoms with van der Waals surface area (Å²) in [6.45, 7) is 10.1. The van der Waals surface area contributed by atoms with Crippen molar-refractivity contribution >= 4 is 0 Å². The Morgan fingerprint density at radius 2 is 1.63 bits per heavy atom. The van der Waals surface area contributed by atoms with E-state index in [2.05, 4.69) is 51.2 Å². The standard InChI is InChI=1S/C23H29F2NO/c1-16(2)11-12-26-13-19(23-17(3)7-5-8-18(23)4)14-27-15-20-21(24)9-6-10-22(20)25/h5-11,19,26H,12-15H2,1-4H3. The lowest BCUT2D eigenvalue weighted by Gasteiger charge is -2.22. The van der Waals surface area contributed by atoms with Crippen LogP contribution >= 0.6 is 0 Å². The van der Waals surface area contributed by atoms with Crippen molar-refractivity contribution in [2.24, 2.45) is 0 Å². The third-order valence-electron chi connectivity index (χ3n) is 4.62. The smallest absolute Gasteiger partial charge is 0.131 e. The lowest BCUT2D eigenvalue weighted by Crippen LogP contribution is -2.26. The van der Waals surface area contributed by atoms with Crippen molar-refractivity contribution in [3.63, 3.8) is 0 Å². The molecule has 0 aliphatic heterocycles. The molecule has 146 valence electrons. The van der Waals surface area contributed by atoms with Crippen LogP contribution in [0.2, 0.25) is 0 Å². The summed E-state index contributed by atoms with van der Waals surface area (Å²) >= 11 is 0. The highest BCUT2D eigenvalue weighted by Crippen LogP contribution is 2.24. The molecule has 1 atom stereocenters. The molecule has 0 saturated heterocycles. The number of rotatable bonds is 9. The first-order valence-corrected chi connectivity index (χ1v) is 9.31. The first-order chi connectivity index (χ1) is 12.9. The number of halogens is 2. The molecule has 0 saturated carbocycles. The van der Waals surface area contributed by atoms with Crippen LogP contribution in [-0.4, -0.2) is 19.7 Å². The monoisotopic (exact) mass is 373 g/mol. The second-order valence-corrected chi connectivity index (χ2v) is 7.16. The molecule has 4 heteroatoms. The summed E-state index contributed by atoms with van der Waals surface area (Å²) in [4.78, 5) is 0. The number of aryl methyl sites for hydroxylation is 2. The second-order valence-electron chi connectivity index (χ2n) is 7.16. The summed E-state index contributed by atoms with van der Waals surface area (Å²) in [5, 5.41) is 3.44. The van der Waals surface area contributed by atoms with Crippen molar-refractivity contribution in [2.75, 3.05) is 19.7 Å². The Morgan fingerprint density at radius 1 is 1.04 bits per heavy atom. The van der Waals surface area contributed by atoms with Gasteiger partial charge in [-0.3, -0.25) is 0 Å². The maximum absolute atomic E-state index is 13.8. The highest BCUT2D eigenvalue weighted by atomic mass is 19.1. The molecule has 2 aromatic rings. The van der Waals surface area contributed by atoms with Crippen LogP contribution in [0.15, 0.2) is 48.0 Å². The Hall–Kier alpha value is -2.04. The molecule has 0 radical (unpaired) electrons. The normalized spacial score (nSPS) is 12.1. The molecule has 0 fully saturated rings. The summed E-state index contributed by atoms with van der Waals surface area (Å²) in [5.41, 5.74) is 4.87. The van der Waals surface area contributed by atoms with E-state index >= 15 is 0 Å². The van der Waals surface area contributed by atoms with E-state index in [1.54, 1.807) is 0 Å². The van der Waals surface area contributed by atoms with E-state index in [0.717, 1.165) is 13.1 Å². The van der Waals surface area contributed by atoms with Crippen LogP contribution in [0.25, 0.3) is 0 Å². The van der Waals surface area contributed by atoms with E-state index in [4.69, 9.17) is 4.74 Å². The zero-order valence-corrected chi connectivity index (χ0v) is 16.6. The van der Waals surface area contributed by atoms with Crippen molar-refractivity contribution in [3.05, 3.63) is 81.9 Å². The van der Waals surface area contributed by atoms with Gasteiger partial charge < -0.3 is 10.1 Å². The van der Waals surface area contributed by atoms with Gasteiger partial charge in [0, 0.05) is 24.6 Å². The zero-order valence-electron chi connectivity index (χ0n) is 16.6. The van der Waals surface area contributed by atoms with Gasteiger partial charge in [-0.15, -0.1) is 0 Å². The van der Waals surface area contributed by atoms with Crippen molar-refractivity contribution in [1.82, 2.24) is 5.32 Å². The SMILES string of the molecule is CC(C)=CCNCC(COCc1c(F)cccc1F)c1c(C)cccc1C. The van der Waals surface area contributed by atoms with Crippen LogP contribution in [0.3, 0.4) is 0 Å². The topological polar surface area (TPSA) is 21.3 Å². The molecular weight excluding hydrogens is 344 g/mol. The predicted octanol–water partition coefficient (Wildman–Crippen LogP) is 5.44. The van der Waals surface area contributed by atoms with E-state index in [1.807, 2.05) is 6.07 Å². The van der Waals surface area contributed by atoms with Crippen LogP contribution in [0, 0.1) is 25.5 Å². The molecule has 0 aliphatic carbocycles. The van der Waals surface area contributed by atoms with E-state index in [0.29, 0.717) is 6.61 Å². The lowest BCUT2D eigenvalue weighted by molar-refractivity contribution is 0.102. The van der Waals surface area contributed by atoms with Crippen LogP contribution in [0.1, 0.15) is 42.0 Å². The quantitative estimate of drug-likeness (QED) is 0.467. The molecule has 1 unspecified atom stereocenters. The molecule has 0 heterocycles. The summed E-state index contributed by atoms with van der Waals surface area (Å²) in [6.07, 6.45) is 2.14. The molecule has 0 amide bonds. The fourth-order valence-corrected chi connectivity index (χ4v) is 3.22. The molecular formula is C23H29F2NO. The third-order valence-corrected chi connectivity index (χ3v) is 4.62. The Labute approximate surface area is 161 Å². The molecule has 0 aliphatic rings. The van der Waals surface area contributed by atoms with Crippen LogP contribution in [0.5, 0.6) is 0 Å². The Balaban J connectivity index is 2.09. The van der Waals surface area contributed by atoms with Gasteiger partial charge >= 0.3 is 0 Å². The predicted molar refractivity (Wildman–Crippen MR) is 107 cm³/mol. The number of hydrogen-bond acceptors (Lipinski definition) is 2. The van der Waals surface area contributed by atoms with Crippen molar-refractivity contribution in [3.8, 4) is 0 Å². The van der Waals surface area contributed by atoms with E-state index in [-0.39, 0.29) is 18.1 Å². The van der Waals surface area contributed by atoms with Gasteiger partial charge in [-0.05, 0) is 56.5 Å². The third kappa shape index (κ3) is 6.26. The maximum Gasteiger partial charge on any atom is 0.131 e. The van der Waals surface area contributed by atoms with Crippen molar-refractivity contribution in [2.45, 2.75) is 40.2 Å². The number of allylic oxidation sites excluding steroid dienone is 1. The molecule has 2 aromatic carbocycles. The molecule has 0 aromatic heterocycles. The molecule has 0 spiro atoms. The molecule has 27 heavy (non-hydrogen) atoms. The second kappa shape index (κ2) is 10.3. The Bertz CT molecular complexity index is 741. The maximum atomic E-state index is 13.8. The summed E-state index contributed by atoms with van der Waals surface area (Å²) in [6, 6.07) is 10.1. The fraction of sp³-hybridized carbons (Fsp3) is 0.391. The number of nitrogens with one attached hydrogen (secondary N) is 1. The summed E-state index contributed by atoms with van der Waals surface area (Å²) < 4.78 is 33.4. The first-order valence-electron chi connectivity index (χ1n) is 9.31. The van der Waals surface area contributed by atoms with E-state index in [1.165, 1.54) is 40.5 Å². The minimum Gasteiger partial charge on any atom is -0.376 e. The van der Waals surface area contributed by atoms with Gasteiger partial charge in [-0.25, -0.2) is 8.78 Å². The minimum atomic E-state index is -0.569. The molecule has 1 N–H and O–H groups in total. The average Bonchev–Trinajstić information content (AvgIpc) is 2.60. The Kier molecular flexibility index (Phi) is 8.14. The van der Waals surface area contributed by atoms with Crippen LogP contribution < -0.4 is 5.32 Å². The highest BCUT2D eigenvalue weighted by molar-refractivity contribution is 5.37. The Morgan fingerprint density at radius 3 is 2.22 bits per heavy atom. The van der Waals surface area contributed by atoms with Gasteiger partial charge in [-0.2, -0.15) is 0 Å². The number of ether oxygens (including phenoxy) is 1. The van der Waals surface area contributed by atoms with Gasteiger partial charge in [0.25, 0.3) is 0 Å². The minimum absolute atomic E-state index is 0.0183. The zero-order chi connectivity index (χ0) is 19.8. The average molecular weight is 373 g/mol. The molecule has 2 rings (SSSR count). The van der Waals surface area contributed by atoms with E-state index in [9.17, 15) is 8.78 Å². The number of benzene rings is 2. The first kappa shape index (κ1) is 21.3. The van der Waals surface area contributed by atoms with Crippen LogP contribution in [-0.2, 0) is 11.3 Å².